The normalized spacial score (nSPS) is 12.2. The number of carbonyl (C=O) groups is 1. The second-order valence-electron chi connectivity index (χ2n) is 3.12. The molecule has 1 aromatic carbocycles. The van der Waals surface area contributed by atoms with Gasteiger partial charge in [0.1, 0.15) is 11.5 Å². The topological polar surface area (TPSA) is 87.0 Å². The molecule has 0 aliphatic rings. The number of aliphatic carboxylic acids is 1. The first-order valence-electron chi connectivity index (χ1n) is 4.25. The number of phenolic OH excluding ortho intramolecular Hbond substituents is 1. The molecular weight excluding hydrogens is 200 g/mol. The third-order valence-corrected chi connectivity index (χ3v) is 2.07. The average Bonchev–Trinajstić information content (AvgIpc) is 2.19. The second-order valence-corrected chi connectivity index (χ2v) is 3.12. The molecule has 0 saturated heterocycles. The van der Waals surface area contributed by atoms with Crippen molar-refractivity contribution in [3.8, 4) is 11.5 Å². The smallest absolute Gasteiger partial charge is 0.337 e. The Hall–Kier alpha value is -1.75. The average molecular weight is 212 g/mol. The van der Waals surface area contributed by atoms with Gasteiger partial charge < -0.3 is 20.1 Å². The van der Waals surface area contributed by atoms with Crippen LogP contribution < -0.4 is 4.74 Å². The number of aliphatic hydroxyl groups excluding tert-OH is 1. The van der Waals surface area contributed by atoms with Gasteiger partial charge >= 0.3 is 5.97 Å². The molecule has 0 aliphatic heterocycles. The zero-order valence-corrected chi connectivity index (χ0v) is 8.39. The molecule has 1 aromatic rings. The van der Waals surface area contributed by atoms with Gasteiger partial charge in [0.05, 0.1) is 7.11 Å². The van der Waals surface area contributed by atoms with Gasteiger partial charge in [0.2, 0.25) is 0 Å². The lowest BCUT2D eigenvalue weighted by atomic mass is 10.0. The molecule has 0 fully saturated rings. The molecule has 0 radical (unpaired) electrons. The van der Waals surface area contributed by atoms with Crippen LogP contribution in [0.1, 0.15) is 17.2 Å². The van der Waals surface area contributed by atoms with Crippen molar-refractivity contribution in [1.82, 2.24) is 0 Å². The number of methoxy groups -OCH3 is 1. The number of carboxylic acids is 1. The van der Waals surface area contributed by atoms with E-state index in [1.165, 1.54) is 19.2 Å². The molecule has 5 nitrogen and oxygen atoms in total. The number of carboxylic acid groups (broad SMARTS) is 1. The number of aliphatic hydroxyl groups is 1. The quantitative estimate of drug-likeness (QED) is 0.690. The maximum Gasteiger partial charge on any atom is 0.337 e. The Bertz CT molecular complexity index is 386. The van der Waals surface area contributed by atoms with Crippen LogP contribution in [0.3, 0.4) is 0 Å². The summed E-state index contributed by atoms with van der Waals surface area (Å²) in [5.41, 5.74) is 0.603. The van der Waals surface area contributed by atoms with Crippen LogP contribution in [0.2, 0.25) is 0 Å². The van der Waals surface area contributed by atoms with Crippen LogP contribution in [0.15, 0.2) is 12.1 Å². The van der Waals surface area contributed by atoms with E-state index >= 15 is 0 Å². The van der Waals surface area contributed by atoms with Crippen LogP contribution >= 0.6 is 0 Å². The summed E-state index contributed by atoms with van der Waals surface area (Å²) in [5, 5.41) is 27.3. The monoisotopic (exact) mass is 212 g/mol. The highest BCUT2D eigenvalue weighted by Gasteiger charge is 2.20. The molecule has 1 atom stereocenters. The summed E-state index contributed by atoms with van der Waals surface area (Å²) >= 11 is 0. The predicted molar refractivity (Wildman–Crippen MR) is 52.0 cm³/mol. The molecule has 15 heavy (non-hydrogen) atoms. The van der Waals surface area contributed by atoms with Gasteiger partial charge in [0.15, 0.2) is 6.10 Å². The first-order valence-corrected chi connectivity index (χ1v) is 4.25. The van der Waals surface area contributed by atoms with Crippen molar-refractivity contribution in [2.45, 2.75) is 13.0 Å². The Morgan fingerprint density at radius 1 is 1.47 bits per heavy atom. The van der Waals surface area contributed by atoms with Gasteiger partial charge in [-0.3, -0.25) is 0 Å². The fourth-order valence-electron chi connectivity index (χ4n) is 1.27. The van der Waals surface area contributed by atoms with E-state index in [0.717, 1.165) is 0 Å². The molecule has 0 saturated carbocycles. The van der Waals surface area contributed by atoms with Gasteiger partial charge in [-0.25, -0.2) is 4.79 Å². The Kier molecular flexibility index (Phi) is 3.16. The minimum atomic E-state index is -1.73. The zero-order chi connectivity index (χ0) is 11.6. The van der Waals surface area contributed by atoms with E-state index < -0.39 is 12.1 Å². The van der Waals surface area contributed by atoms with Crippen molar-refractivity contribution < 1.29 is 24.9 Å². The maximum atomic E-state index is 10.5. The maximum absolute atomic E-state index is 10.5. The number of rotatable bonds is 3. The van der Waals surface area contributed by atoms with Crippen LogP contribution in [0.4, 0.5) is 0 Å². The summed E-state index contributed by atoms with van der Waals surface area (Å²) in [6.45, 7) is 1.69. The predicted octanol–water partition coefficient (Wildman–Crippen LogP) is 0.827. The fraction of sp³-hybridized carbons (Fsp3) is 0.300. The number of benzene rings is 1. The molecule has 1 unspecified atom stereocenters. The van der Waals surface area contributed by atoms with E-state index in [1.807, 2.05) is 0 Å². The van der Waals surface area contributed by atoms with Crippen LogP contribution in [0, 0.1) is 6.92 Å². The molecule has 1 rings (SSSR count). The lowest BCUT2D eigenvalue weighted by molar-refractivity contribution is -0.147. The van der Waals surface area contributed by atoms with E-state index in [2.05, 4.69) is 0 Å². The largest absolute Gasteiger partial charge is 0.507 e. The van der Waals surface area contributed by atoms with E-state index in [-0.39, 0.29) is 11.3 Å². The van der Waals surface area contributed by atoms with Crippen LogP contribution in [0.25, 0.3) is 0 Å². The zero-order valence-electron chi connectivity index (χ0n) is 8.39. The van der Waals surface area contributed by atoms with Crippen LogP contribution in [-0.4, -0.2) is 28.4 Å². The summed E-state index contributed by atoms with van der Waals surface area (Å²) in [7, 11) is 1.44. The fourth-order valence-corrected chi connectivity index (χ4v) is 1.27. The molecule has 82 valence electrons. The molecule has 3 N–H and O–H groups in total. The number of hydrogen-bond donors (Lipinski definition) is 3. The van der Waals surface area contributed by atoms with Crippen LogP contribution in [-0.2, 0) is 4.79 Å². The Labute approximate surface area is 86.5 Å². The van der Waals surface area contributed by atoms with Crippen molar-refractivity contribution in [3.05, 3.63) is 23.3 Å². The van der Waals surface area contributed by atoms with Gasteiger partial charge in [0.25, 0.3) is 0 Å². The number of ether oxygens (including phenoxy) is 1. The van der Waals surface area contributed by atoms with Crippen molar-refractivity contribution in [1.29, 1.82) is 0 Å². The third kappa shape index (κ3) is 2.19. The number of aryl methyl sites for hydroxylation is 1. The highest BCUT2D eigenvalue weighted by atomic mass is 16.5. The summed E-state index contributed by atoms with van der Waals surface area (Å²) in [6, 6.07) is 2.66. The minimum Gasteiger partial charge on any atom is -0.507 e. The molecule has 5 heteroatoms. The Morgan fingerprint density at radius 2 is 2.07 bits per heavy atom. The molecule has 0 spiro atoms. The highest BCUT2D eigenvalue weighted by molar-refractivity contribution is 5.75. The lowest BCUT2D eigenvalue weighted by Gasteiger charge is -2.12. The van der Waals surface area contributed by atoms with Gasteiger partial charge in [0, 0.05) is 11.6 Å². The SMILES string of the molecule is COc1cc(O)c(C(O)C(=O)O)cc1C. The minimum absolute atomic E-state index is 0.0409. The standard InChI is InChI=1S/C10H12O5/c1-5-3-6(9(12)10(13)14)7(11)4-8(5)15-2/h3-4,9,11-12H,1-2H3,(H,13,14). The Morgan fingerprint density at radius 3 is 2.53 bits per heavy atom. The second kappa shape index (κ2) is 4.18. The first kappa shape index (κ1) is 11.3. The van der Waals surface area contributed by atoms with E-state index in [0.29, 0.717) is 11.3 Å². The molecule has 0 bridgehead atoms. The van der Waals surface area contributed by atoms with Gasteiger partial charge in [-0.2, -0.15) is 0 Å². The van der Waals surface area contributed by atoms with Crippen molar-refractivity contribution in [3.63, 3.8) is 0 Å². The number of phenols is 1. The van der Waals surface area contributed by atoms with Crippen molar-refractivity contribution in [2.24, 2.45) is 0 Å². The number of hydrogen-bond acceptors (Lipinski definition) is 4. The summed E-state index contributed by atoms with van der Waals surface area (Å²) < 4.78 is 4.93. The first-order chi connectivity index (χ1) is 6.97. The van der Waals surface area contributed by atoms with E-state index in [1.54, 1.807) is 6.92 Å². The summed E-state index contributed by atoms with van der Waals surface area (Å²) in [6.07, 6.45) is -1.73. The summed E-state index contributed by atoms with van der Waals surface area (Å²) in [5.74, 6) is -1.27. The van der Waals surface area contributed by atoms with Gasteiger partial charge in [-0.1, -0.05) is 0 Å². The van der Waals surface area contributed by atoms with Gasteiger partial charge in [-0.05, 0) is 18.6 Å². The molecule has 0 heterocycles. The van der Waals surface area contributed by atoms with E-state index in [4.69, 9.17) is 9.84 Å². The summed E-state index contributed by atoms with van der Waals surface area (Å²) in [4.78, 5) is 10.5. The van der Waals surface area contributed by atoms with Gasteiger partial charge in [-0.15, -0.1) is 0 Å². The Balaban J connectivity index is 3.21. The molecule has 0 amide bonds. The van der Waals surface area contributed by atoms with Crippen LogP contribution in [0.5, 0.6) is 11.5 Å². The van der Waals surface area contributed by atoms with Crippen molar-refractivity contribution in [2.75, 3.05) is 7.11 Å². The van der Waals surface area contributed by atoms with Crippen molar-refractivity contribution >= 4 is 5.97 Å². The third-order valence-electron chi connectivity index (χ3n) is 2.07. The van der Waals surface area contributed by atoms with E-state index in [9.17, 15) is 15.0 Å². The molecule has 0 aliphatic carbocycles. The highest BCUT2D eigenvalue weighted by Crippen LogP contribution is 2.31. The molecular formula is C10H12O5. The lowest BCUT2D eigenvalue weighted by Crippen LogP contribution is -2.11. The molecule has 0 aromatic heterocycles. The number of aromatic hydroxyl groups is 1.